The number of rotatable bonds is 4. The highest BCUT2D eigenvalue weighted by Gasteiger charge is 2.20. The van der Waals surface area contributed by atoms with Crippen LogP contribution in [0.4, 0.5) is 17.2 Å². The maximum Gasteiger partial charge on any atom is 0.221 e. The Labute approximate surface area is 155 Å². The minimum atomic E-state index is -0.142. The van der Waals surface area contributed by atoms with E-state index in [4.69, 9.17) is 4.74 Å². The molecule has 0 saturated heterocycles. The van der Waals surface area contributed by atoms with Crippen molar-refractivity contribution in [3.05, 3.63) is 35.0 Å². The van der Waals surface area contributed by atoms with E-state index in [2.05, 4.69) is 20.6 Å². The van der Waals surface area contributed by atoms with Gasteiger partial charge in [0.15, 0.2) is 0 Å². The first-order valence-corrected chi connectivity index (χ1v) is 9.45. The van der Waals surface area contributed by atoms with Gasteiger partial charge in [-0.15, -0.1) is 11.3 Å². The van der Waals surface area contributed by atoms with E-state index in [9.17, 15) is 4.79 Å². The first-order valence-electron chi connectivity index (χ1n) is 8.63. The molecule has 0 fully saturated rings. The lowest BCUT2D eigenvalue weighted by Gasteiger charge is -2.14. The number of fused-ring (bicyclic) bond motifs is 3. The number of thiophene rings is 1. The Balaban J connectivity index is 1.73. The number of nitrogens with one attached hydrogen (secondary N) is 2. The minimum absolute atomic E-state index is 0.142. The molecule has 2 heterocycles. The largest absolute Gasteiger partial charge is 0.495 e. The molecule has 7 heteroatoms. The van der Waals surface area contributed by atoms with Crippen LogP contribution in [-0.4, -0.2) is 23.0 Å². The number of carbonyl (C=O) groups is 1. The van der Waals surface area contributed by atoms with Crippen LogP contribution in [0.1, 0.15) is 30.2 Å². The van der Waals surface area contributed by atoms with E-state index >= 15 is 0 Å². The Kier molecular flexibility index (Phi) is 4.46. The second-order valence-electron chi connectivity index (χ2n) is 6.33. The molecule has 1 aromatic carbocycles. The molecule has 0 spiro atoms. The van der Waals surface area contributed by atoms with Crippen molar-refractivity contribution in [2.75, 3.05) is 17.7 Å². The lowest BCUT2D eigenvalue weighted by Crippen LogP contribution is -2.07. The molecule has 0 atom stereocenters. The number of hydrogen-bond donors (Lipinski definition) is 2. The molecule has 6 nitrogen and oxygen atoms in total. The third-order valence-corrected chi connectivity index (χ3v) is 5.72. The predicted octanol–water partition coefficient (Wildman–Crippen LogP) is 4.28. The van der Waals surface area contributed by atoms with Gasteiger partial charge in [-0.3, -0.25) is 4.79 Å². The summed E-state index contributed by atoms with van der Waals surface area (Å²) >= 11 is 1.77. The molecule has 0 saturated carbocycles. The molecule has 2 aromatic heterocycles. The highest BCUT2D eigenvalue weighted by molar-refractivity contribution is 7.19. The van der Waals surface area contributed by atoms with E-state index in [0.29, 0.717) is 11.4 Å². The van der Waals surface area contributed by atoms with Crippen LogP contribution in [0.25, 0.3) is 10.2 Å². The van der Waals surface area contributed by atoms with Gasteiger partial charge in [-0.2, -0.15) is 0 Å². The molecule has 4 rings (SSSR count). The summed E-state index contributed by atoms with van der Waals surface area (Å²) in [5.41, 5.74) is 2.85. The van der Waals surface area contributed by atoms with E-state index < -0.39 is 0 Å². The number of anilines is 3. The van der Waals surface area contributed by atoms with Gasteiger partial charge in [0.25, 0.3) is 0 Å². The van der Waals surface area contributed by atoms with Crippen LogP contribution in [0.15, 0.2) is 24.5 Å². The fourth-order valence-corrected chi connectivity index (χ4v) is 4.62. The Hall–Kier alpha value is -2.67. The smallest absolute Gasteiger partial charge is 0.221 e. The van der Waals surface area contributed by atoms with Crippen molar-refractivity contribution in [3.63, 3.8) is 0 Å². The van der Waals surface area contributed by atoms with E-state index in [0.717, 1.165) is 34.6 Å². The highest BCUT2D eigenvalue weighted by Crippen LogP contribution is 2.39. The number of nitrogens with zero attached hydrogens (tertiary/aromatic N) is 2. The average molecular weight is 368 g/mol. The summed E-state index contributed by atoms with van der Waals surface area (Å²) in [7, 11) is 1.58. The molecule has 1 amide bonds. The van der Waals surface area contributed by atoms with Gasteiger partial charge < -0.3 is 15.4 Å². The summed E-state index contributed by atoms with van der Waals surface area (Å²) in [6.07, 6.45) is 6.27. The number of methoxy groups -OCH3 is 1. The predicted molar refractivity (Wildman–Crippen MR) is 105 cm³/mol. The van der Waals surface area contributed by atoms with Crippen molar-refractivity contribution in [1.82, 2.24) is 9.97 Å². The Bertz CT molecular complexity index is 983. The molecule has 0 aliphatic heterocycles. The van der Waals surface area contributed by atoms with Crippen molar-refractivity contribution < 1.29 is 9.53 Å². The molecule has 1 aliphatic rings. The average Bonchev–Trinajstić information content (AvgIpc) is 3.01. The van der Waals surface area contributed by atoms with Crippen molar-refractivity contribution in [2.45, 2.75) is 32.6 Å². The number of amides is 1. The molecular weight excluding hydrogens is 348 g/mol. The molecular formula is C19H20N4O2S. The lowest BCUT2D eigenvalue weighted by molar-refractivity contribution is -0.114. The first-order chi connectivity index (χ1) is 12.7. The van der Waals surface area contributed by atoms with Gasteiger partial charge in [0, 0.05) is 17.5 Å². The molecule has 2 N–H and O–H groups in total. The summed E-state index contributed by atoms with van der Waals surface area (Å²) in [4.78, 5) is 22.9. The number of aromatic nitrogens is 2. The Morgan fingerprint density at radius 1 is 1.23 bits per heavy atom. The number of benzene rings is 1. The lowest BCUT2D eigenvalue weighted by atomic mass is 9.97. The maximum atomic E-state index is 11.4. The van der Waals surface area contributed by atoms with Gasteiger partial charge in [-0.25, -0.2) is 9.97 Å². The summed E-state index contributed by atoms with van der Waals surface area (Å²) in [5, 5.41) is 7.32. The molecule has 0 bridgehead atoms. The SMILES string of the molecule is COc1ccc(Nc2ncnc3sc4c(c23)CCCC4)cc1NC(C)=O. The second kappa shape index (κ2) is 6.92. The minimum Gasteiger partial charge on any atom is -0.495 e. The zero-order valence-electron chi connectivity index (χ0n) is 14.8. The third-order valence-electron chi connectivity index (χ3n) is 4.52. The van der Waals surface area contributed by atoms with Gasteiger partial charge in [0.05, 0.1) is 18.2 Å². The normalized spacial score (nSPS) is 13.3. The fraction of sp³-hybridized carbons (Fsp3) is 0.316. The van der Waals surface area contributed by atoms with Crippen LogP contribution in [-0.2, 0) is 17.6 Å². The summed E-state index contributed by atoms with van der Waals surface area (Å²) in [6, 6.07) is 5.60. The maximum absolute atomic E-state index is 11.4. The van der Waals surface area contributed by atoms with Gasteiger partial charge in [0.1, 0.15) is 22.7 Å². The van der Waals surface area contributed by atoms with Crippen molar-refractivity contribution in [2.24, 2.45) is 0 Å². The topological polar surface area (TPSA) is 76.1 Å². The molecule has 134 valence electrons. The van der Waals surface area contributed by atoms with Gasteiger partial charge >= 0.3 is 0 Å². The van der Waals surface area contributed by atoms with E-state index in [1.807, 2.05) is 18.2 Å². The van der Waals surface area contributed by atoms with Gasteiger partial charge in [0.2, 0.25) is 5.91 Å². The quantitative estimate of drug-likeness (QED) is 0.719. The second-order valence-corrected chi connectivity index (χ2v) is 7.42. The molecule has 1 aliphatic carbocycles. The molecule has 0 radical (unpaired) electrons. The van der Waals surface area contributed by atoms with Crippen molar-refractivity contribution in [3.8, 4) is 5.75 Å². The standard InChI is InChI=1S/C19H20N4O2S/c1-11(24)22-14-9-12(7-8-15(14)25-2)23-18-17-13-5-3-4-6-16(13)26-19(17)21-10-20-18/h7-10H,3-6H2,1-2H3,(H,22,24)(H,20,21,23). The van der Waals surface area contributed by atoms with Crippen LogP contribution in [0.2, 0.25) is 0 Å². The number of hydrogen-bond acceptors (Lipinski definition) is 6. The first kappa shape index (κ1) is 16.8. The monoisotopic (exact) mass is 368 g/mol. The van der Waals surface area contributed by atoms with Crippen LogP contribution in [0, 0.1) is 0 Å². The van der Waals surface area contributed by atoms with Crippen LogP contribution >= 0.6 is 11.3 Å². The Morgan fingerprint density at radius 2 is 2.08 bits per heavy atom. The van der Waals surface area contributed by atoms with Crippen molar-refractivity contribution >= 4 is 44.7 Å². The van der Waals surface area contributed by atoms with Crippen LogP contribution in [0.5, 0.6) is 5.75 Å². The molecule has 26 heavy (non-hydrogen) atoms. The summed E-state index contributed by atoms with van der Waals surface area (Å²) in [5.74, 6) is 1.29. The number of aryl methyl sites for hydroxylation is 2. The van der Waals surface area contributed by atoms with E-state index in [1.165, 1.54) is 30.2 Å². The van der Waals surface area contributed by atoms with Crippen molar-refractivity contribution in [1.29, 1.82) is 0 Å². The van der Waals surface area contributed by atoms with Gasteiger partial charge in [-0.1, -0.05) is 0 Å². The van der Waals surface area contributed by atoms with Gasteiger partial charge in [-0.05, 0) is 49.4 Å². The van der Waals surface area contributed by atoms with Crippen LogP contribution < -0.4 is 15.4 Å². The molecule has 0 unspecified atom stereocenters. The molecule has 3 aromatic rings. The zero-order chi connectivity index (χ0) is 18.1. The highest BCUT2D eigenvalue weighted by atomic mass is 32.1. The third kappa shape index (κ3) is 3.10. The fourth-order valence-electron chi connectivity index (χ4n) is 3.39. The Morgan fingerprint density at radius 3 is 2.88 bits per heavy atom. The number of carbonyl (C=O) groups excluding carboxylic acids is 1. The van der Waals surface area contributed by atoms with E-state index in [1.54, 1.807) is 24.8 Å². The summed E-state index contributed by atoms with van der Waals surface area (Å²) in [6.45, 7) is 1.48. The zero-order valence-corrected chi connectivity index (χ0v) is 15.6. The number of ether oxygens (including phenoxy) is 1. The van der Waals surface area contributed by atoms with E-state index in [-0.39, 0.29) is 5.91 Å². The summed E-state index contributed by atoms with van der Waals surface area (Å²) < 4.78 is 5.32. The van der Waals surface area contributed by atoms with Crippen LogP contribution in [0.3, 0.4) is 0 Å².